The number of aliphatic hydroxyl groups excluding tert-OH is 1. The van der Waals surface area contributed by atoms with Gasteiger partial charge in [0.25, 0.3) is 0 Å². The van der Waals surface area contributed by atoms with Crippen LogP contribution >= 0.6 is 0 Å². The number of rotatable bonds is 2. The summed E-state index contributed by atoms with van der Waals surface area (Å²) in [6.45, 7) is 3.43. The first-order chi connectivity index (χ1) is 7.27. The summed E-state index contributed by atoms with van der Waals surface area (Å²) in [5.41, 5.74) is 1.88. The van der Waals surface area contributed by atoms with Crippen LogP contribution < -0.4 is 0 Å². The van der Waals surface area contributed by atoms with E-state index in [0.29, 0.717) is 6.61 Å². The molecule has 1 aromatic rings. The highest BCUT2D eigenvalue weighted by Gasteiger charge is 2.23. The number of aliphatic hydroxyl groups is 1. The van der Waals surface area contributed by atoms with E-state index in [9.17, 15) is 5.11 Å². The van der Waals surface area contributed by atoms with E-state index in [0.717, 1.165) is 30.7 Å². The molecule has 15 heavy (non-hydrogen) atoms. The van der Waals surface area contributed by atoms with Gasteiger partial charge in [-0.15, -0.1) is 0 Å². The summed E-state index contributed by atoms with van der Waals surface area (Å²) in [7, 11) is 0. The molecule has 0 bridgehead atoms. The van der Waals surface area contributed by atoms with Crippen LogP contribution in [0.15, 0.2) is 18.3 Å². The van der Waals surface area contributed by atoms with Crippen molar-refractivity contribution < 1.29 is 9.84 Å². The van der Waals surface area contributed by atoms with Crippen LogP contribution in [0.3, 0.4) is 0 Å². The van der Waals surface area contributed by atoms with Gasteiger partial charge in [0.1, 0.15) is 0 Å². The lowest BCUT2D eigenvalue weighted by Crippen LogP contribution is -2.23. The number of hydrogen-bond donors (Lipinski definition) is 1. The quantitative estimate of drug-likeness (QED) is 0.804. The molecule has 1 aromatic heterocycles. The Morgan fingerprint density at radius 2 is 2.40 bits per heavy atom. The van der Waals surface area contributed by atoms with Crippen molar-refractivity contribution in [2.75, 3.05) is 13.2 Å². The van der Waals surface area contributed by atoms with E-state index in [-0.39, 0.29) is 5.92 Å². The summed E-state index contributed by atoms with van der Waals surface area (Å²) >= 11 is 0. The zero-order valence-corrected chi connectivity index (χ0v) is 9.02. The van der Waals surface area contributed by atoms with Gasteiger partial charge in [0, 0.05) is 24.4 Å². The zero-order valence-electron chi connectivity index (χ0n) is 9.02. The molecule has 1 aliphatic heterocycles. The Kier molecular flexibility index (Phi) is 3.34. The second-order valence-electron chi connectivity index (χ2n) is 4.15. The van der Waals surface area contributed by atoms with Crippen LogP contribution in [0.5, 0.6) is 0 Å². The van der Waals surface area contributed by atoms with Gasteiger partial charge in [-0.25, -0.2) is 0 Å². The summed E-state index contributed by atoms with van der Waals surface area (Å²) in [6.07, 6.45) is 3.41. The minimum Gasteiger partial charge on any atom is -0.388 e. The number of hydrogen-bond acceptors (Lipinski definition) is 3. The molecule has 2 rings (SSSR count). The van der Waals surface area contributed by atoms with Crippen molar-refractivity contribution in [3.63, 3.8) is 0 Å². The Morgan fingerprint density at radius 3 is 3.00 bits per heavy atom. The Hall–Kier alpha value is -0.930. The summed E-state index contributed by atoms with van der Waals surface area (Å²) in [4.78, 5) is 4.19. The highest BCUT2D eigenvalue weighted by atomic mass is 16.5. The molecule has 0 spiro atoms. The molecular weight excluding hydrogens is 190 g/mol. The fourth-order valence-electron chi connectivity index (χ4n) is 1.94. The minimum absolute atomic E-state index is 0.225. The van der Waals surface area contributed by atoms with E-state index < -0.39 is 6.10 Å². The van der Waals surface area contributed by atoms with Crippen molar-refractivity contribution in [3.05, 3.63) is 29.6 Å². The molecule has 2 unspecified atom stereocenters. The predicted molar refractivity (Wildman–Crippen MR) is 57.5 cm³/mol. The average molecular weight is 207 g/mol. The Balaban J connectivity index is 2.05. The average Bonchev–Trinajstić information content (AvgIpc) is 2.30. The fourth-order valence-corrected chi connectivity index (χ4v) is 1.94. The van der Waals surface area contributed by atoms with Gasteiger partial charge in [-0.3, -0.25) is 4.98 Å². The first kappa shape index (κ1) is 10.6. The maximum absolute atomic E-state index is 10.1. The van der Waals surface area contributed by atoms with Gasteiger partial charge < -0.3 is 9.84 Å². The molecule has 2 atom stereocenters. The molecule has 3 heteroatoms. The molecule has 1 fully saturated rings. The molecule has 1 N–H and O–H groups in total. The summed E-state index contributed by atoms with van der Waals surface area (Å²) in [6, 6.07) is 3.88. The molecule has 0 aromatic carbocycles. The summed E-state index contributed by atoms with van der Waals surface area (Å²) < 4.78 is 5.37. The molecule has 0 radical (unpaired) electrons. The lowest BCUT2D eigenvalue weighted by molar-refractivity contribution is -0.0101. The molecule has 82 valence electrons. The Labute approximate surface area is 90.1 Å². The molecule has 0 amide bonds. The fraction of sp³-hybridized carbons (Fsp3) is 0.583. The molecule has 3 nitrogen and oxygen atoms in total. The number of ether oxygens (including phenoxy) is 1. The lowest BCUT2D eigenvalue weighted by atomic mass is 9.92. The van der Waals surface area contributed by atoms with Gasteiger partial charge in [0.2, 0.25) is 0 Å². The maximum Gasteiger partial charge on any atom is 0.0855 e. The first-order valence-corrected chi connectivity index (χ1v) is 5.46. The second kappa shape index (κ2) is 4.73. The maximum atomic E-state index is 10.1. The molecular formula is C12H17NO2. The second-order valence-corrected chi connectivity index (χ2v) is 4.15. The van der Waals surface area contributed by atoms with Gasteiger partial charge in [-0.2, -0.15) is 0 Å². The first-order valence-electron chi connectivity index (χ1n) is 5.46. The lowest BCUT2D eigenvalue weighted by Gasteiger charge is -2.26. The van der Waals surface area contributed by atoms with E-state index in [1.165, 1.54) is 0 Å². The van der Waals surface area contributed by atoms with E-state index in [1.807, 2.05) is 19.1 Å². The van der Waals surface area contributed by atoms with Gasteiger partial charge in [-0.1, -0.05) is 6.07 Å². The predicted octanol–water partition coefficient (Wildman–Crippen LogP) is 1.85. The van der Waals surface area contributed by atoms with Crippen LogP contribution in [0.25, 0.3) is 0 Å². The number of aromatic nitrogens is 1. The highest BCUT2D eigenvalue weighted by Crippen LogP contribution is 2.28. The largest absolute Gasteiger partial charge is 0.388 e. The monoisotopic (exact) mass is 207 g/mol. The normalized spacial score (nSPS) is 23.7. The standard InChI is InChI=1S/C12H17NO2/c1-9-4-5-10(7-13-9)12(14)11-3-2-6-15-8-11/h4-5,7,11-12,14H,2-3,6,8H2,1H3. The van der Waals surface area contributed by atoms with Crippen molar-refractivity contribution in [2.45, 2.75) is 25.9 Å². The summed E-state index contributed by atoms with van der Waals surface area (Å²) in [5, 5.41) is 10.1. The van der Waals surface area contributed by atoms with Crippen molar-refractivity contribution >= 4 is 0 Å². The molecule has 0 aliphatic carbocycles. The Morgan fingerprint density at radius 1 is 1.53 bits per heavy atom. The van der Waals surface area contributed by atoms with Crippen molar-refractivity contribution in [2.24, 2.45) is 5.92 Å². The van der Waals surface area contributed by atoms with Crippen LogP contribution in [0, 0.1) is 12.8 Å². The van der Waals surface area contributed by atoms with Gasteiger partial charge in [0.05, 0.1) is 12.7 Å². The van der Waals surface area contributed by atoms with Gasteiger partial charge in [0.15, 0.2) is 0 Å². The third-order valence-electron chi connectivity index (χ3n) is 2.92. The number of pyridine rings is 1. The molecule has 2 heterocycles. The topological polar surface area (TPSA) is 42.4 Å². The molecule has 0 saturated carbocycles. The van der Waals surface area contributed by atoms with Crippen molar-refractivity contribution in [1.82, 2.24) is 4.98 Å². The van der Waals surface area contributed by atoms with Crippen LogP contribution in [-0.4, -0.2) is 23.3 Å². The van der Waals surface area contributed by atoms with Gasteiger partial charge >= 0.3 is 0 Å². The van der Waals surface area contributed by atoms with Crippen LogP contribution in [0.4, 0.5) is 0 Å². The molecule has 1 saturated heterocycles. The van der Waals surface area contributed by atoms with Crippen molar-refractivity contribution in [3.8, 4) is 0 Å². The minimum atomic E-state index is -0.432. The SMILES string of the molecule is Cc1ccc(C(O)C2CCCOC2)cn1. The van der Waals surface area contributed by atoms with Gasteiger partial charge in [-0.05, 0) is 31.4 Å². The zero-order chi connectivity index (χ0) is 10.7. The van der Waals surface area contributed by atoms with E-state index in [1.54, 1.807) is 6.20 Å². The summed E-state index contributed by atoms with van der Waals surface area (Å²) in [5.74, 6) is 0.225. The van der Waals surface area contributed by atoms with E-state index in [4.69, 9.17) is 4.74 Å². The highest BCUT2D eigenvalue weighted by molar-refractivity contribution is 5.16. The smallest absolute Gasteiger partial charge is 0.0855 e. The van der Waals surface area contributed by atoms with Crippen LogP contribution in [-0.2, 0) is 4.74 Å². The molecule has 1 aliphatic rings. The van der Waals surface area contributed by atoms with Crippen LogP contribution in [0.1, 0.15) is 30.2 Å². The number of nitrogens with zero attached hydrogens (tertiary/aromatic N) is 1. The Bertz CT molecular complexity index is 304. The number of aryl methyl sites for hydroxylation is 1. The van der Waals surface area contributed by atoms with Crippen molar-refractivity contribution in [1.29, 1.82) is 0 Å². The third-order valence-corrected chi connectivity index (χ3v) is 2.92. The van der Waals surface area contributed by atoms with Crippen LogP contribution in [0.2, 0.25) is 0 Å². The van der Waals surface area contributed by atoms with E-state index >= 15 is 0 Å². The third kappa shape index (κ3) is 2.55. The van der Waals surface area contributed by atoms with E-state index in [2.05, 4.69) is 4.98 Å².